The molecule has 1 saturated heterocycles. The second-order valence-electron chi connectivity index (χ2n) is 5.05. The summed E-state index contributed by atoms with van der Waals surface area (Å²) in [5.41, 5.74) is 0.698. The summed E-state index contributed by atoms with van der Waals surface area (Å²) in [5, 5.41) is 13.6. The van der Waals surface area contributed by atoms with Crippen molar-refractivity contribution in [1.82, 2.24) is 15.0 Å². The maximum atomic E-state index is 12.9. The van der Waals surface area contributed by atoms with Crippen molar-refractivity contribution in [2.45, 2.75) is 25.5 Å². The number of rotatable bonds is 3. The van der Waals surface area contributed by atoms with E-state index in [1.165, 1.54) is 12.1 Å². The summed E-state index contributed by atoms with van der Waals surface area (Å²) in [5.74, 6) is 0.673. The van der Waals surface area contributed by atoms with E-state index in [0.717, 1.165) is 19.4 Å². The van der Waals surface area contributed by atoms with Gasteiger partial charge in [-0.3, -0.25) is 4.90 Å². The molecule has 1 aliphatic rings. The van der Waals surface area contributed by atoms with Gasteiger partial charge in [-0.25, -0.2) is 4.39 Å². The molecule has 1 aromatic heterocycles. The Bertz CT molecular complexity index is 570. The Kier molecular flexibility index (Phi) is 3.75. The number of aliphatic hydroxyl groups excluding tert-OH is 1. The molecule has 1 fully saturated rings. The fraction of sp³-hybridized carbons (Fsp3) is 0.429. The molecule has 1 N–H and O–H groups in total. The van der Waals surface area contributed by atoms with E-state index in [-0.39, 0.29) is 11.9 Å². The van der Waals surface area contributed by atoms with Crippen LogP contribution in [0.5, 0.6) is 0 Å². The standard InChI is InChI=1S/C14H16FN3O2/c15-11-5-3-10(4-6-11)14-16-13(17-20-14)9-18-7-1-2-12(19)8-18/h3-6,12,19H,1-2,7-9H2/t12-/m0/s1. The minimum atomic E-state index is -0.296. The number of nitrogens with zero attached hydrogens (tertiary/aromatic N) is 3. The maximum absolute atomic E-state index is 12.9. The van der Waals surface area contributed by atoms with Crippen LogP contribution in [-0.4, -0.2) is 39.3 Å². The van der Waals surface area contributed by atoms with Gasteiger partial charge in [0.25, 0.3) is 5.89 Å². The second-order valence-corrected chi connectivity index (χ2v) is 5.05. The number of benzene rings is 1. The van der Waals surface area contributed by atoms with Gasteiger partial charge in [0.1, 0.15) is 5.82 Å². The van der Waals surface area contributed by atoms with E-state index < -0.39 is 0 Å². The lowest BCUT2D eigenvalue weighted by Crippen LogP contribution is -2.37. The first kappa shape index (κ1) is 13.2. The van der Waals surface area contributed by atoms with Gasteiger partial charge in [0.15, 0.2) is 5.82 Å². The highest BCUT2D eigenvalue weighted by atomic mass is 19.1. The van der Waals surface area contributed by atoms with Crippen molar-refractivity contribution in [2.24, 2.45) is 0 Å². The number of hydrogen-bond acceptors (Lipinski definition) is 5. The Labute approximate surface area is 116 Å². The molecule has 1 aliphatic heterocycles. The first-order valence-electron chi connectivity index (χ1n) is 6.69. The van der Waals surface area contributed by atoms with Crippen LogP contribution in [0.25, 0.3) is 11.5 Å². The lowest BCUT2D eigenvalue weighted by atomic mass is 10.1. The Balaban J connectivity index is 1.69. The molecule has 1 atom stereocenters. The highest BCUT2D eigenvalue weighted by molar-refractivity contribution is 5.52. The number of aromatic nitrogens is 2. The van der Waals surface area contributed by atoms with Crippen molar-refractivity contribution in [2.75, 3.05) is 13.1 Å². The van der Waals surface area contributed by atoms with Crippen molar-refractivity contribution in [1.29, 1.82) is 0 Å². The molecular weight excluding hydrogens is 261 g/mol. The molecule has 0 bridgehead atoms. The third kappa shape index (κ3) is 3.02. The van der Waals surface area contributed by atoms with Crippen molar-refractivity contribution in [3.8, 4) is 11.5 Å². The summed E-state index contributed by atoms with van der Waals surface area (Å²) in [4.78, 5) is 6.41. The fourth-order valence-electron chi connectivity index (χ4n) is 2.40. The summed E-state index contributed by atoms with van der Waals surface area (Å²) in [6.45, 7) is 2.12. The molecule has 5 nitrogen and oxygen atoms in total. The molecule has 1 aromatic carbocycles. The van der Waals surface area contributed by atoms with E-state index in [0.29, 0.717) is 30.4 Å². The monoisotopic (exact) mass is 277 g/mol. The second kappa shape index (κ2) is 5.68. The van der Waals surface area contributed by atoms with Crippen LogP contribution in [0.15, 0.2) is 28.8 Å². The first-order chi connectivity index (χ1) is 9.70. The van der Waals surface area contributed by atoms with Crippen LogP contribution in [0.4, 0.5) is 4.39 Å². The molecule has 0 radical (unpaired) electrons. The smallest absolute Gasteiger partial charge is 0.257 e. The van der Waals surface area contributed by atoms with Gasteiger partial charge in [-0.1, -0.05) is 5.16 Å². The number of aliphatic hydroxyl groups is 1. The molecule has 0 unspecified atom stereocenters. The summed E-state index contributed by atoms with van der Waals surface area (Å²) in [6, 6.07) is 5.94. The molecule has 106 valence electrons. The SMILES string of the molecule is O[C@H]1CCCN(Cc2noc(-c3ccc(F)cc3)n2)C1. The molecule has 0 aliphatic carbocycles. The molecule has 0 amide bonds. The lowest BCUT2D eigenvalue weighted by Gasteiger charge is -2.28. The van der Waals surface area contributed by atoms with Crippen LogP contribution >= 0.6 is 0 Å². The number of hydrogen-bond donors (Lipinski definition) is 1. The van der Waals surface area contributed by atoms with Crippen LogP contribution in [0.2, 0.25) is 0 Å². The Hall–Kier alpha value is -1.79. The molecule has 0 saturated carbocycles. The highest BCUT2D eigenvalue weighted by Crippen LogP contribution is 2.18. The quantitative estimate of drug-likeness (QED) is 0.927. The van der Waals surface area contributed by atoms with Crippen molar-refractivity contribution in [3.05, 3.63) is 35.9 Å². The molecular formula is C14H16FN3O2. The number of likely N-dealkylation sites (tertiary alicyclic amines) is 1. The minimum Gasteiger partial charge on any atom is -0.392 e. The van der Waals surface area contributed by atoms with Crippen LogP contribution in [0.3, 0.4) is 0 Å². The Morgan fingerprint density at radius 3 is 2.90 bits per heavy atom. The van der Waals surface area contributed by atoms with Gasteiger partial charge in [-0.2, -0.15) is 4.98 Å². The molecule has 2 aromatic rings. The van der Waals surface area contributed by atoms with Gasteiger partial charge in [0.05, 0.1) is 12.6 Å². The minimum absolute atomic E-state index is 0.271. The topological polar surface area (TPSA) is 62.4 Å². The molecule has 2 heterocycles. The molecule has 20 heavy (non-hydrogen) atoms. The van der Waals surface area contributed by atoms with E-state index in [1.54, 1.807) is 12.1 Å². The predicted molar refractivity (Wildman–Crippen MR) is 70.2 cm³/mol. The largest absolute Gasteiger partial charge is 0.392 e. The van der Waals surface area contributed by atoms with E-state index in [4.69, 9.17) is 4.52 Å². The zero-order valence-electron chi connectivity index (χ0n) is 11.0. The lowest BCUT2D eigenvalue weighted by molar-refractivity contribution is 0.0651. The van der Waals surface area contributed by atoms with E-state index in [9.17, 15) is 9.50 Å². The Morgan fingerprint density at radius 1 is 1.35 bits per heavy atom. The highest BCUT2D eigenvalue weighted by Gasteiger charge is 2.19. The van der Waals surface area contributed by atoms with Gasteiger partial charge in [0.2, 0.25) is 0 Å². The third-order valence-corrected chi connectivity index (χ3v) is 3.40. The van der Waals surface area contributed by atoms with Gasteiger partial charge in [-0.05, 0) is 43.7 Å². The number of piperidine rings is 1. The molecule has 6 heteroatoms. The van der Waals surface area contributed by atoms with Gasteiger partial charge < -0.3 is 9.63 Å². The van der Waals surface area contributed by atoms with Gasteiger partial charge in [0, 0.05) is 12.1 Å². The van der Waals surface area contributed by atoms with E-state index in [1.807, 2.05) is 0 Å². The number of halogens is 1. The average Bonchev–Trinajstić information content (AvgIpc) is 2.88. The normalized spacial score (nSPS) is 20.2. The van der Waals surface area contributed by atoms with Crippen molar-refractivity contribution < 1.29 is 14.0 Å². The molecule has 3 rings (SSSR count). The van der Waals surface area contributed by atoms with E-state index >= 15 is 0 Å². The van der Waals surface area contributed by atoms with Crippen molar-refractivity contribution >= 4 is 0 Å². The first-order valence-corrected chi connectivity index (χ1v) is 6.69. The van der Waals surface area contributed by atoms with Crippen LogP contribution in [-0.2, 0) is 6.54 Å². The zero-order valence-corrected chi connectivity index (χ0v) is 11.0. The fourth-order valence-corrected chi connectivity index (χ4v) is 2.40. The van der Waals surface area contributed by atoms with Gasteiger partial charge in [-0.15, -0.1) is 0 Å². The average molecular weight is 277 g/mol. The summed E-state index contributed by atoms with van der Waals surface area (Å²) >= 11 is 0. The maximum Gasteiger partial charge on any atom is 0.257 e. The summed E-state index contributed by atoms with van der Waals surface area (Å²) < 4.78 is 18.0. The van der Waals surface area contributed by atoms with E-state index in [2.05, 4.69) is 15.0 Å². The summed E-state index contributed by atoms with van der Waals surface area (Å²) in [7, 11) is 0. The zero-order chi connectivity index (χ0) is 13.9. The van der Waals surface area contributed by atoms with Crippen LogP contribution < -0.4 is 0 Å². The van der Waals surface area contributed by atoms with Gasteiger partial charge >= 0.3 is 0 Å². The summed E-state index contributed by atoms with van der Waals surface area (Å²) in [6.07, 6.45) is 1.56. The van der Waals surface area contributed by atoms with Crippen molar-refractivity contribution in [3.63, 3.8) is 0 Å². The predicted octanol–water partition coefficient (Wildman–Crippen LogP) is 1.83. The Morgan fingerprint density at radius 2 is 2.15 bits per heavy atom. The third-order valence-electron chi connectivity index (χ3n) is 3.40. The van der Waals surface area contributed by atoms with Crippen LogP contribution in [0, 0.1) is 5.82 Å². The molecule has 0 spiro atoms. The number of β-amino-alcohol motifs (C(OH)–C–C–N with tert-alkyl or cyclic N) is 1. The van der Waals surface area contributed by atoms with Crippen LogP contribution in [0.1, 0.15) is 18.7 Å².